The maximum absolute atomic E-state index is 11.0. The number of nitrogens with zero attached hydrogens (tertiary/aromatic N) is 3. The molecule has 1 aliphatic heterocycles. The van der Waals surface area contributed by atoms with Gasteiger partial charge in [0.15, 0.2) is 11.6 Å². The molecule has 0 unspecified atom stereocenters. The molecule has 0 atom stereocenters. The molecule has 262 valence electrons. The number of phenolic OH excluding ortho intramolecular Hbond substituents is 2. The van der Waals surface area contributed by atoms with Crippen molar-refractivity contribution in [2.45, 2.75) is 95.1 Å². The molecule has 0 saturated carbocycles. The molecule has 11 heteroatoms. The van der Waals surface area contributed by atoms with Crippen LogP contribution in [0.2, 0.25) is 5.02 Å². The van der Waals surface area contributed by atoms with E-state index in [0.717, 1.165) is 61.6 Å². The predicted octanol–water partition coefficient (Wildman–Crippen LogP) is 8.17. The van der Waals surface area contributed by atoms with E-state index in [1.807, 2.05) is 25.1 Å². The number of piperidine rings is 1. The third kappa shape index (κ3) is 10.0. The van der Waals surface area contributed by atoms with Crippen LogP contribution in [0.3, 0.4) is 0 Å². The van der Waals surface area contributed by atoms with Crippen LogP contribution in [0.1, 0.15) is 86.5 Å². The van der Waals surface area contributed by atoms with Crippen molar-refractivity contribution in [3.8, 4) is 11.5 Å². The van der Waals surface area contributed by atoms with E-state index in [9.17, 15) is 15.0 Å². The van der Waals surface area contributed by atoms with E-state index >= 15 is 0 Å². The molecule has 1 aromatic heterocycles. The van der Waals surface area contributed by atoms with Crippen LogP contribution in [-0.4, -0.2) is 44.6 Å². The Morgan fingerprint density at radius 3 is 2.37 bits per heavy atom. The summed E-state index contributed by atoms with van der Waals surface area (Å²) in [6, 6.07) is 15.5. The monoisotopic (exact) mass is 704 g/mol. The lowest BCUT2D eigenvalue weighted by molar-refractivity contribution is 0.101. The van der Waals surface area contributed by atoms with Gasteiger partial charge in [-0.05, 0) is 86.4 Å². The van der Waals surface area contributed by atoms with Gasteiger partial charge in [-0.2, -0.15) is 0 Å². The largest absolute Gasteiger partial charge is 0.508 e. The Hall–Kier alpha value is -3.99. The zero-order valence-corrected chi connectivity index (χ0v) is 30.7. The molecule has 9 nitrogen and oxygen atoms in total. The van der Waals surface area contributed by atoms with Crippen molar-refractivity contribution in [2.24, 2.45) is 5.73 Å². The van der Waals surface area contributed by atoms with Crippen LogP contribution in [0, 0.1) is 0 Å². The maximum atomic E-state index is 11.0. The smallest absolute Gasteiger partial charge is 0.163 e. The fourth-order valence-corrected chi connectivity index (χ4v) is 6.83. The topological polar surface area (TPSA) is 151 Å². The Balaban J connectivity index is 0.000000350. The lowest BCUT2D eigenvalue weighted by atomic mass is 9.91. The first-order chi connectivity index (χ1) is 23.3. The van der Waals surface area contributed by atoms with E-state index in [4.69, 9.17) is 23.1 Å². The van der Waals surface area contributed by atoms with Crippen molar-refractivity contribution in [1.82, 2.24) is 9.97 Å². The highest BCUT2D eigenvalue weighted by molar-refractivity contribution is 7.99. The van der Waals surface area contributed by atoms with Crippen molar-refractivity contribution in [2.75, 3.05) is 29.0 Å². The van der Waals surface area contributed by atoms with Gasteiger partial charge in [-0.25, -0.2) is 9.97 Å². The number of benzene rings is 3. The molecule has 1 aliphatic rings. The van der Waals surface area contributed by atoms with Gasteiger partial charge in [0.05, 0.1) is 22.5 Å². The molecule has 1 saturated heterocycles. The number of halogens is 1. The van der Waals surface area contributed by atoms with Crippen LogP contribution in [0.25, 0.3) is 0 Å². The van der Waals surface area contributed by atoms with E-state index in [0.29, 0.717) is 34.4 Å². The average molecular weight is 705 g/mol. The van der Waals surface area contributed by atoms with E-state index in [1.165, 1.54) is 47.5 Å². The summed E-state index contributed by atoms with van der Waals surface area (Å²) in [7, 11) is 0. The first kappa shape index (κ1) is 37.8. The summed E-state index contributed by atoms with van der Waals surface area (Å²) in [4.78, 5) is 23.3. The Kier molecular flexibility index (Phi) is 13.2. The minimum absolute atomic E-state index is 0.0324. The van der Waals surface area contributed by atoms with Gasteiger partial charge >= 0.3 is 0 Å². The summed E-state index contributed by atoms with van der Waals surface area (Å²) in [5.41, 5.74) is 18.4. The number of aromatic nitrogens is 2. The predicted molar refractivity (Wildman–Crippen MR) is 202 cm³/mol. The number of aromatic hydroxyl groups is 2. The van der Waals surface area contributed by atoms with Crippen molar-refractivity contribution in [1.29, 1.82) is 0 Å². The number of nitrogens with one attached hydrogen (secondary N) is 1. The zero-order chi connectivity index (χ0) is 35.7. The van der Waals surface area contributed by atoms with Crippen LogP contribution in [0.5, 0.6) is 11.5 Å². The van der Waals surface area contributed by atoms with Gasteiger partial charge in [0, 0.05) is 36.1 Å². The number of hydrogen-bond acceptors (Lipinski definition) is 10. The van der Waals surface area contributed by atoms with Crippen LogP contribution < -0.4 is 21.7 Å². The van der Waals surface area contributed by atoms with Gasteiger partial charge in [-0.3, -0.25) is 4.79 Å². The van der Waals surface area contributed by atoms with Crippen LogP contribution in [0.15, 0.2) is 64.6 Å². The molecule has 1 fully saturated rings. The number of rotatable bonds is 11. The van der Waals surface area contributed by atoms with Crippen molar-refractivity contribution in [3.05, 3.63) is 87.6 Å². The maximum Gasteiger partial charge on any atom is 0.163 e. The highest BCUT2D eigenvalue weighted by atomic mass is 35.5. The summed E-state index contributed by atoms with van der Waals surface area (Å²) in [6.07, 6.45) is 7.59. The Morgan fingerprint density at radius 1 is 1.02 bits per heavy atom. The Morgan fingerprint density at radius 2 is 1.73 bits per heavy atom. The number of phenols is 2. The van der Waals surface area contributed by atoms with Gasteiger partial charge in [0.2, 0.25) is 0 Å². The van der Waals surface area contributed by atoms with E-state index in [2.05, 4.69) is 59.2 Å². The van der Waals surface area contributed by atoms with Crippen molar-refractivity contribution in [3.63, 3.8) is 0 Å². The number of aryl methyl sites for hydroxylation is 3. The summed E-state index contributed by atoms with van der Waals surface area (Å²) in [6.45, 7) is 12.2. The molecule has 0 amide bonds. The SMILES string of the molecule is CCCc1ccc(CNc2cccc(Sc3ncc(N4CCC(C)(N)CC4)nc3N)c2Cl)cc1CC.CCc1cc(C(C)=O)c(O)cc1O. The van der Waals surface area contributed by atoms with Gasteiger partial charge in [-0.15, -0.1) is 0 Å². The standard InChI is InChI=1S/C28H37ClN6S.C10H12O3/c1-4-7-21-11-10-19(16-20(21)5-2)17-32-22-8-6-9-23(25(22)29)36-27-26(30)34-24(18-33-27)35-14-12-28(3,31)13-15-35;1-3-7-4-8(6(2)11)10(13)5-9(7)12/h6,8-11,16,18,32H,4-5,7,12-15,17,31H2,1-3H3,(H2,30,34);4-5,12-13H,3H2,1-2H3. The lowest BCUT2D eigenvalue weighted by Crippen LogP contribution is -2.48. The normalized spacial score (nSPS) is 13.8. The van der Waals surface area contributed by atoms with Crippen LogP contribution in [0.4, 0.5) is 17.3 Å². The molecular formula is C38H49ClN6O3S. The first-order valence-corrected chi connectivity index (χ1v) is 18.1. The third-order valence-electron chi connectivity index (χ3n) is 8.76. The molecule has 5 rings (SSSR count). The summed E-state index contributed by atoms with van der Waals surface area (Å²) in [5, 5.41) is 23.4. The van der Waals surface area contributed by atoms with Gasteiger partial charge in [0.1, 0.15) is 22.3 Å². The minimum Gasteiger partial charge on any atom is -0.508 e. The second-order valence-electron chi connectivity index (χ2n) is 12.7. The number of hydrogen-bond donors (Lipinski definition) is 5. The average Bonchev–Trinajstić information content (AvgIpc) is 3.07. The van der Waals surface area contributed by atoms with Gasteiger partial charge in [0.25, 0.3) is 0 Å². The highest BCUT2D eigenvalue weighted by Crippen LogP contribution is 2.39. The molecule has 2 heterocycles. The molecule has 0 aliphatic carbocycles. The summed E-state index contributed by atoms with van der Waals surface area (Å²) >= 11 is 8.23. The first-order valence-electron chi connectivity index (χ1n) is 16.9. The minimum atomic E-state index is -0.202. The molecular weight excluding hydrogens is 656 g/mol. The fraction of sp³-hybridized carbons (Fsp3) is 0.395. The number of ketones is 1. The number of Topliss-reactive ketones (excluding diaryl/α,β-unsaturated/α-hetero) is 1. The van der Waals surface area contributed by atoms with Gasteiger partial charge in [-0.1, -0.05) is 74.8 Å². The second kappa shape index (κ2) is 17.1. The number of anilines is 3. The number of carbonyl (C=O) groups excluding carboxylic acids is 1. The third-order valence-corrected chi connectivity index (χ3v) is 10.3. The van der Waals surface area contributed by atoms with Crippen LogP contribution >= 0.6 is 23.4 Å². The number of carbonyl (C=O) groups is 1. The molecule has 49 heavy (non-hydrogen) atoms. The Bertz CT molecular complexity index is 1760. The molecule has 0 spiro atoms. The number of nitrogen functional groups attached to an aromatic ring is 1. The lowest BCUT2D eigenvalue weighted by Gasteiger charge is -2.37. The van der Waals surface area contributed by atoms with Gasteiger partial charge < -0.3 is 31.9 Å². The number of nitrogens with two attached hydrogens (primary N) is 2. The second-order valence-corrected chi connectivity index (χ2v) is 14.2. The summed E-state index contributed by atoms with van der Waals surface area (Å²) < 4.78 is 0. The van der Waals surface area contributed by atoms with E-state index in [1.54, 1.807) is 6.20 Å². The molecule has 7 N–H and O–H groups in total. The Labute approximate surface area is 299 Å². The van der Waals surface area contributed by atoms with Crippen molar-refractivity contribution >= 4 is 46.5 Å². The molecule has 0 radical (unpaired) electrons. The molecule has 3 aromatic carbocycles. The van der Waals surface area contributed by atoms with Crippen molar-refractivity contribution < 1.29 is 15.0 Å². The van der Waals surface area contributed by atoms with Crippen LogP contribution in [-0.2, 0) is 25.8 Å². The summed E-state index contributed by atoms with van der Waals surface area (Å²) in [5.74, 6) is 0.872. The fourth-order valence-electron chi connectivity index (χ4n) is 5.71. The quantitative estimate of drug-likeness (QED) is 0.0967. The molecule has 4 aromatic rings. The highest BCUT2D eigenvalue weighted by Gasteiger charge is 2.27. The molecule has 0 bridgehead atoms. The zero-order valence-electron chi connectivity index (χ0n) is 29.1. The van der Waals surface area contributed by atoms with E-state index < -0.39 is 0 Å². The van der Waals surface area contributed by atoms with E-state index in [-0.39, 0.29) is 28.4 Å².